The molecular formula is C37H44O9S2. The summed E-state index contributed by atoms with van der Waals surface area (Å²) in [7, 11) is -9.56. The van der Waals surface area contributed by atoms with Gasteiger partial charge in [-0.2, -0.15) is 16.8 Å². The average molecular weight is 697 g/mol. The summed E-state index contributed by atoms with van der Waals surface area (Å²) >= 11 is 0. The van der Waals surface area contributed by atoms with Crippen molar-refractivity contribution in [2.45, 2.75) is 101 Å². The van der Waals surface area contributed by atoms with E-state index in [1.165, 1.54) is 24.3 Å². The van der Waals surface area contributed by atoms with E-state index >= 15 is 0 Å². The van der Waals surface area contributed by atoms with Crippen LogP contribution in [0.3, 0.4) is 0 Å². The predicted octanol–water partition coefficient (Wildman–Crippen LogP) is 9.17. The van der Waals surface area contributed by atoms with E-state index in [-0.39, 0.29) is 27.4 Å². The van der Waals surface area contributed by atoms with Gasteiger partial charge < -0.3 is 9.47 Å². The lowest BCUT2D eigenvalue weighted by molar-refractivity contribution is 0.0743. The van der Waals surface area contributed by atoms with Gasteiger partial charge in [0, 0.05) is 11.1 Å². The van der Waals surface area contributed by atoms with Crippen molar-refractivity contribution in [3.8, 4) is 17.2 Å². The summed E-state index contributed by atoms with van der Waals surface area (Å²) in [4.78, 5) is 12.5. The number of carbonyl (C=O) groups excluding carboxylic acids is 1. The summed E-state index contributed by atoms with van der Waals surface area (Å²) in [5.74, 6) is 0.114. The van der Waals surface area contributed by atoms with Crippen molar-refractivity contribution in [3.05, 3.63) is 89.5 Å². The zero-order valence-corrected chi connectivity index (χ0v) is 29.9. The van der Waals surface area contributed by atoms with Gasteiger partial charge in [0.2, 0.25) is 0 Å². The Balaban J connectivity index is 1.67. The Morgan fingerprint density at radius 2 is 1.21 bits per heavy atom. The molecule has 0 aliphatic heterocycles. The number of fused-ring (bicyclic) bond motifs is 1. The van der Waals surface area contributed by atoms with Gasteiger partial charge in [-0.3, -0.25) is 13.9 Å². The van der Waals surface area contributed by atoms with Crippen LogP contribution >= 0.6 is 0 Å². The van der Waals surface area contributed by atoms with Crippen LogP contribution in [0.15, 0.2) is 82.6 Å². The van der Waals surface area contributed by atoms with Crippen LogP contribution in [0.4, 0.5) is 0 Å². The van der Waals surface area contributed by atoms with Gasteiger partial charge in [0.1, 0.15) is 27.7 Å². The molecule has 0 fully saturated rings. The van der Waals surface area contributed by atoms with Crippen LogP contribution in [0.1, 0.15) is 102 Å². The van der Waals surface area contributed by atoms with E-state index in [9.17, 15) is 30.7 Å². The SMILES string of the molecule is CCCC(C)(CC)Oc1ccc2cc(Oc3ccc(C(=O)c4ccc(C(C)(CC)CCC)c(S(=O)(=O)O)c4)cc3S(=O)(=O)O)ccc2c1. The van der Waals surface area contributed by atoms with Crippen LogP contribution in [-0.4, -0.2) is 37.3 Å². The van der Waals surface area contributed by atoms with Gasteiger partial charge in [0.05, 0.1) is 4.90 Å². The third-order valence-electron chi connectivity index (χ3n) is 9.14. The monoisotopic (exact) mass is 696 g/mol. The molecule has 2 N–H and O–H groups in total. The third-order valence-corrected chi connectivity index (χ3v) is 10.9. The molecule has 4 aromatic carbocycles. The van der Waals surface area contributed by atoms with Crippen LogP contribution in [0, 0.1) is 0 Å². The van der Waals surface area contributed by atoms with Crippen molar-refractivity contribution in [1.82, 2.24) is 0 Å². The number of hydrogen-bond acceptors (Lipinski definition) is 7. The molecule has 2 atom stereocenters. The van der Waals surface area contributed by atoms with Gasteiger partial charge in [-0.25, -0.2) is 0 Å². The van der Waals surface area contributed by atoms with Crippen molar-refractivity contribution in [2.24, 2.45) is 0 Å². The number of carbonyl (C=O) groups is 1. The van der Waals surface area contributed by atoms with Gasteiger partial charge in [-0.05, 0) is 103 Å². The predicted molar refractivity (Wildman–Crippen MR) is 187 cm³/mol. The molecule has 4 rings (SSSR count). The molecule has 0 bridgehead atoms. The smallest absolute Gasteiger partial charge is 0.298 e. The van der Waals surface area contributed by atoms with Crippen molar-refractivity contribution < 1.29 is 40.2 Å². The lowest BCUT2D eigenvalue weighted by Crippen LogP contribution is -2.31. The van der Waals surface area contributed by atoms with Crippen molar-refractivity contribution >= 4 is 36.8 Å². The lowest BCUT2D eigenvalue weighted by atomic mass is 9.76. The number of ether oxygens (including phenoxy) is 2. The highest BCUT2D eigenvalue weighted by Gasteiger charge is 2.31. The fourth-order valence-electron chi connectivity index (χ4n) is 6.10. The number of benzene rings is 4. The molecule has 0 aromatic heterocycles. The maximum absolute atomic E-state index is 13.5. The molecule has 0 spiro atoms. The second-order valence-corrected chi connectivity index (χ2v) is 15.5. The Hall–Kier alpha value is -3.77. The Morgan fingerprint density at radius 3 is 1.75 bits per heavy atom. The largest absolute Gasteiger partial charge is 0.488 e. The average Bonchev–Trinajstić information content (AvgIpc) is 3.03. The maximum Gasteiger partial charge on any atom is 0.298 e. The number of rotatable bonds is 15. The molecule has 0 radical (unpaired) electrons. The minimum Gasteiger partial charge on any atom is -0.488 e. The maximum atomic E-state index is 13.5. The summed E-state index contributed by atoms with van der Waals surface area (Å²) in [6.45, 7) is 12.1. The van der Waals surface area contributed by atoms with E-state index in [0.717, 1.165) is 54.3 Å². The second kappa shape index (κ2) is 14.4. The molecule has 2 unspecified atom stereocenters. The first-order valence-electron chi connectivity index (χ1n) is 16.2. The lowest BCUT2D eigenvalue weighted by Gasteiger charge is -2.30. The number of ketones is 1. The second-order valence-electron chi connectivity index (χ2n) is 12.7. The first-order chi connectivity index (χ1) is 22.5. The Labute approximate surface area is 283 Å². The molecule has 0 aliphatic carbocycles. The molecule has 11 heteroatoms. The fourth-order valence-corrected chi connectivity index (χ4v) is 7.61. The van der Waals surface area contributed by atoms with Gasteiger partial charge in [-0.1, -0.05) is 71.7 Å². The molecule has 0 amide bonds. The van der Waals surface area contributed by atoms with Crippen molar-refractivity contribution in [3.63, 3.8) is 0 Å². The quantitative estimate of drug-likeness (QED) is 0.0918. The highest BCUT2D eigenvalue weighted by Crippen LogP contribution is 2.38. The molecule has 0 saturated carbocycles. The zero-order valence-electron chi connectivity index (χ0n) is 28.2. The highest BCUT2D eigenvalue weighted by atomic mass is 32.2. The normalized spacial score (nSPS) is 14.7. The first kappa shape index (κ1) is 37.1. The van der Waals surface area contributed by atoms with E-state index in [1.807, 2.05) is 45.0 Å². The first-order valence-corrected chi connectivity index (χ1v) is 19.0. The molecule has 0 saturated heterocycles. The van der Waals surface area contributed by atoms with Crippen LogP contribution < -0.4 is 9.47 Å². The molecule has 4 aromatic rings. The minimum atomic E-state index is -4.86. The van der Waals surface area contributed by atoms with Crippen LogP contribution in [-0.2, 0) is 25.7 Å². The molecule has 48 heavy (non-hydrogen) atoms. The van der Waals surface area contributed by atoms with Gasteiger partial charge in [-0.15, -0.1) is 0 Å². The molecule has 0 heterocycles. The number of hydrogen-bond donors (Lipinski definition) is 2. The van der Waals surface area contributed by atoms with Crippen LogP contribution in [0.2, 0.25) is 0 Å². The molecule has 258 valence electrons. The van der Waals surface area contributed by atoms with E-state index in [1.54, 1.807) is 12.1 Å². The standard InChI is InChI=1S/C37H44O9S2/c1-7-19-36(5,9-3)31-17-13-27(23-33(31)47(39,40)41)35(38)28-14-18-32(34(24-28)48(42,43)44)45-29-15-11-26-22-30(16-12-25(26)21-29)46-37(6,10-4)20-8-2/h11-18,21-24H,7-10,19-20H2,1-6H3,(H,39,40,41)(H,42,43,44). The Kier molecular flexibility index (Phi) is 11.1. The highest BCUT2D eigenvalue weighted by molar-refractivity contribution is 7.86. The zero-order chi connectivity index (χ0) is 35.5. The Bertz CT molecular complexity index is 2040. The minimum absolute atomic E-state index is 0.0805. The summed E-state index contributed by atoms with van der Waals surface area (Å²) in [5.41, 5.74) is -0.670. The molecular weight excluding hydrogens is 653 g/mol. The van der Waals surface area contributed by atoms with E-state index in [4.69, 9.17) is 9.47 Å². The van der Waals surface area contributed by atoms with Crippen molar-refractivity contribution in [2.75, 3.05) is 0 Å². The summed E-state index contributed by atoms with van der Waals surface area (Å²) in [6.07, 6.45) is 4.81. The van der Waals surface area contributed by atoms with Crippen molar-refractivity contribution in [1.29, 1.82) is 0 Å². The third kappa shape index (κ3) is 8.26. The Morgan fingerprint density at radius 1 is 0.667 bits per heavy atom. The summed E-state index contributed by atoms with van der Waals surface area (Å²) in [5, 5.41) is 1.69. The van der Waals surface area contributed by atoms with Gasteiger partial charge in [0.25, 0.3) is 20.2 Å². The topological polar surface area (TPSA) is 144 Å². The van der Waals surface area contributed by atoms with Gasteiger partial charge in [0.15, 0.2) is 5.78 Å². The molecule has 9 nitrogen and oxygen atoms in total. The fraction of sp³-hybridized carbons (Fsp3) is 0.378. The van der Waals surface area contributed by atoms with Crippen LogP contribution in [0.25, 0.3) is 10.8 Å². The summed E-state index contributed by atoms with van der Waals surface area (Å²) < 4.78 is 82.2. The molecule has 0 aliphatic rings. The van der Waals surface area contributed by atoms with Crippen LogP contribution in [0.5, 0.6) is 17.2 Å². The van der Waals surface area contributed by atoms with E-state index in [2.05, 4.69) is 20.8 Å². The van der Waals surface area contributed by atoms with E-state index in [0.29, 0.717) is 24.2 Å². The summed E-state index contributed by atoms with van der Waals surface area (Å²) in [6, 6.07) is 18.5. The van der Waals surface area contributed by atoms with Gasteiger partial charge >= 0.3 is 0 Å². The van der Waals surface area contributed by atoms with E-state index < -0.39 is 36.3 Å².